The number of imidazole rings is 1. The zero-order chi connectivity index (χ0) is 17.0. The SMILES string of the molecule is Cc1ccc(NCCCn2ccnc2C)cc1S(=O)(=O)N(C)C. The van der Waals surface area contributed by atoms with Crippen molar-refractivity contribution in [3.8, 4) is 0 Å². The molecule has 0 saturated heterocycles. The third-order valence-corrected chi connectivity index (χ3v) is 5.73. The lowest BCUT2D eigenvalue weighted by atomic mass is 10.2. The number of nitrogens with zero attached hydrogens (tertiary/aromatic N) is 3. The van der Waals surface area contributed by atoms with E-state index < -0.39 is 10.0 Å². The molecule has 2 rings (SSSR count). The zero-order valence-corrected chi connectivity index (χ0v) is 14.9. The number of benzene rings is 1. The molecule has 1 N–H and O–H groups in total. The summed E-state index contributed by atoms with van der Waals surface area (Å²) in [5.74, 6) is 1.000. The van der Waals surface area contributed by atoms with Gasteiger partial charge in [0.2, 0.25) is 10.0 Å². The molecule has 0 aliphatic rings. The third kappa shape index (κ3) is 4.11. The predicted octanol–water partition coefficient (Wildman–Crippen LogP) is 2.25. The van der Waals surface area contributed by atoms with E-state index in [2.05, 4.69) is 14.9 Å². The van der Waals surface area contributed by atoms with Gasteiger partial charge < -0.3 is 9.88 Å². The van der Waals surface area contributed by atoms with E-state index in [0.717, 1.165) is 36.6 Å². The average Bonchev–Trinajstić information content (AvgIpc) is 2.90. The van der Waals surface area contributed by atoms with Gasteiger partial charge in [-0.25, -0.2) is 17.7 Å². The first-order chi connectivity index (χ1) is 10.8. The van der Waals surface area contributed by atoms with E-state index in [9.17, 15) is 8.42 Å². The van der Waals surface area contributed by atoms with Crippen molar-refractivity contribution in [2.75, 3.05) is 26.0 Å². The summed E-state index contributed by atoms with van der Waals surface area (Å²) in [7, 11) is -0.333. The Labute approximate surface area is 138 Å². The van der Waals surface area contributed by atoms with Crippen molar-refractivity contribution in [2.24, 2.45) is 0 Å². The standard InChI is InChI=1S/C16H24N4O2S/c1-13-6-7-15(12-16(13)23(21,22)19(3)4)18-8-5-10-20-11-9-17-14(20)2/h6-7,9,11-12,18H,5,8,10H2,1-4H3. The maximum Gasteiger partial charge on any atom is 0.242 e. The molecule has 6 nitrogen and oxygen atoms in total. The highest BCUT2D eigenvalue weighted by Gasteiger charge is 2.19. The van der Waals surface area contributed by atoms with E-state index >= 15 is 0 Å². The van der Waals surface area contributed by atoms with Gasteiger partial charge in [-0.05, 0) is 38.0 Å². The molecule has 0 bridgehead atoms. The number of aromatic nitrogens is 2. The van der Waals surface area contributed by atoms with Crippen molar-refractivity contribution >= 4 is 15.7 Å². The van der Waals surface area contributed by atoms with Crippen LogP contribution in [0.4, 0.5) is 5.69 Å². The lowest BCUT2D eigenvalue weighted by Gasteiger charge is -2.15. The lowest BCUT2D eigenvalue weighted by Crippen LogP contribution is -2.23. The molecule has 0 spiro atoms. The van der Waals surface area contributed by atoms with Crippen LogP contribution in [0, 0.1) is 13.8 Å². The molecule has 0 fully saturated rings. The van der Waals surface area contributed by atoms with Crippen molar-refractivity contribution < 1.29 is 8.42 Å². The molecule has 7 heteroatoms. The monoisotopic (exact) mass is 336 g/mol. The van der Waals surface area contributed by atoms with Crippen LogP contribution in [0.1, 0.15) is 17.8 Å². The summed E-state index contributed by atoms with van der Waals surface area (Å²) in [6.45, 7) is 5.43. The molecule has 0 aliphatic carbocycles. The van der Waals surface area contributed by atoms with Gasteiger partial charge in [0.15, 0.2) is 0 Å². The van der Waals surface area contributed by atoms with Gasteiger partial charge in [0, 0.05) is 45.3 Å². The highest BCUT2D eigenvalue weighted by atomic mass is 32.2. The van der Waals surface area contributed by atoms with E-state index in [1.807, 2.05) is 32.2 Å². The second kappa shape index (κ2) is 7.14. The number of aryl methyl sites for hydroxylation is 3. The van der Waals surface area contributed by atoms with Crippen molar-refractivity contribution in [2.45, 2.75) is 31.7 Å². The fraction of sp³-hybridized carbons (Fsp3) is 0.438. The maximum absolute atomic E-state index is 12.3. The van der Waals surface area contributed by atoms with Crippen LogP contribution < -0.4 is 5.32 Å². The number of hydrogen-bond donors (Lipinski definition) is 1. The Morgan fingerprint density at radius 2 is 2.00 bits per heavy atom. The largest absolute Gasteiger partial charge is 0.385 e. The summed E-state index contributed by atoms with van der Waals surface area (Å²) in [6, 6.07) is 5.44. The Bertz CT molecular complexity index is 766. The minimum atomic E-state index is -3.42. The molecule has 1 aromatic carbocycles. The van der Waals surface area contributed by atoms with Crippen LogP contribution in [-0.4, -0.2) is 42.9 Å². The fourth-order valence-corrected chi connectivity index (χ4v) is 3.45. The van der Waals surface area contributed by atoms with Gasteiger partial charge in [-0.15, -0.1) is 0 Å². The number of nitrogens with one attached hydrogen (secondary N) is 1. The molecule has 0 atom stereocenters. The smallest absolute Gasteiger partial charge is 0.242 e. The molecule has 0 amide bonds. The predicted molar refractivity (Wildman–Crippen MR) is 92.1 cm³/mol. The zero-order valence-electron chi connectivity index (χ0n) is 14.1. The van der Waals surface area contributed by atoms with Crippen molar-refractivity contribution in [1.82, 2.24) is 13.9 Å². The second-order valence-corrected chi connectivity index (χ2v) is 7.84. The first kappa shape index (κ1) is 17.5. The minimum Gasteiger partial charge on any atom is -0.385 e. The Balaban J connectivity index is 2.00. The molecule has 2 aromatic rings. The molecule has 126 valence electrons. The Morgan fingerprint density at radius 3 is 2.61 bits per heavy atom. The summed E-state index contributed by atoms with van der Waals surface area (Å²) in [5, 5.41) is 3.29. The van der Waals surface area contributed by atoms with E-state index in [4.69, 9.17) is 0 Å². The quantitative estimate of drug-likeness (QED) is 0.788. The Kier molecular flexibility index (Phi) is 5.43. The van der Waals surface area contributed by atoms with Gasteiger partial charge in [-0.1, -0.05) is 6.07 Å². The summed E-state index contributed by atoms with van der Waals surface area (Å²) < 4.78 is 28.0. The number of sulfonamides is 1. The van der Waals surface area contributed by atoms with Crippen LogP contribution >= 0.6 is 0 Å². The van der Waals surface area contributed by atoms with Crippen LogP contribution in [0.2, 0.25) is 0 Å². The van der Waals surface area contributed by atoms with E-state index in [1.165, 1.54) is 4.31 Å². The highest BCUT2D eigenvalue weighted by Crippen LogP contribution is 2.22. The van der Waals surface area contributed by atoms with Crippen molar-refractivity contribution in [3.05, 3.63) is 42.0 Å². The van der Waals surface area contributed by atoms with Gasteiger partial charge in [0.1, 0.15) is 5.82 Å². The fourth-order valence-electron chi connectivity index (χ4n) is 2.31. The van der Waals surface area contributed by atoms with Gasteiger partial charge >= 0.3 is 0 Å². The maximum atomic E-state index is 12.3. The Morgan fingerprint density at radius 1 is 1.26 bits per heavy atom. The lowest BCUT2D eigenvalue weighted by molar-refractivity contribution is 0.520. The number of rotatable bonds is 7. The summed E-state index contributed by atoms with van der Waals surface area (Å²) in [4.78, 5) is 4.53. The highest BCUT2D eigenvalue weighted by molar-refractivity contribution is 7.89. The average molecular weight is 336 g/mol. The first-order valence-corrected chi connectivity index (χ1v) is 9.01. The molecule has 23 heavy (non-hydrogen) atoms. The van der Waals surface area contributed by atoms with Crippen molar-refractivity contribution in [1.29, 1.82) is 0 Å². The van der Waals surface area contributed by atoms with Crippen LogP contribution in [0.3, 0.4) is 0 Å². The van der Waals surface area contributed by atoms with Crippen molar-refractivity contribution in [3.63, 3.8) is 0 Å². The second-order valence-electron chi connectivity index (χ2n) is 5.72. The molecule has 0 saturated carbocycles. The normalized spacial score (nSPS) is 11.9. The third-order valence-electron chi connectivity index (χ3n) is 3.78. The van der Waals surface area contributed by atoms with Crippen LogP contribution in [0.25, 0.3) is 0 Å². The van der Waals surface area contributed by atoms with Gasteiger partial charge in [0.25, 0.3) is 0 Å². The molecular formula is C16H24N4O2S. The first-order valence-electron chi connectivity index (χ1n) is 7.57. The Hall–Kier alpha value is -1.86. The molecule has 1 heterocycles. The van der Waals surface area contributed by atoms with E-state index in [0.29, 0.717) is 4.90 Å². The van der Waals surface area contributed by atoms with Gasteiger partial charge in [-0.2, -0.15) is 0 Å². The van der Waals surface area contributed by atoms with Crippen LogP contribution in [0.5, 0.6) is 0 Å². The summed E-state index contributed by atoms with van der Waals surface area (Å²) in [5.41, 5.74) is 1.57. The number of anilines is 1. The molecular weight excluding hydrogens is 312 g/mol. The minimum absolute atomic E-state index is 0.345. The molecule has 0 aliphatic heterocycles. The van der Waals surface area contributed by atoms with Gasteiger partial charge in [-0.3, -0.25) is 0 Å². The van der Waals surface area contributed by atoms with Crippen LogP contribution in [0.15, 0.2) is 35.5 Å². The molecule has 0 unspecified atom stereocenters. The van der Waals surface area contributed by atoms with E-state index in [-0.39, 0.29) is 0 Å². The van der Waals surface area contributed by atoms with Crippen LogP contribution in [-0.2, 0) is 16.6 Å². The van der Waals surface area contributed by atoms with E-state index in [1.54, 1.807) is 26.4 Å². The molecule has 0 radical (unpaired) electrons. The molecule has 1 aromatic heterocycles. The number of hydrogen-bond acceptors (Lipinski definition) is 4. The summed E-state index contributed by atoms with van der Waals surface area (Å²) >= 11 is 0. The van der Waals surface area contributed by atoms with Gasteiger partial charge in [0.05, 0.1) is 4.90 Å². The topological polar surface area (TPSA) is 67.2 Å². The summed E-state index contributed by atoms with van der Waals surface area (Å²) in [6.07, 6.45) is 4.69.